The van der Waals surface area contributed by atoms with Crippen LogP contribution < -0.4 is 11.1 Å². The van der Waals surface area contributed by atoms with Gasteiger partial charge in [0.1, 0.15) is 48.3 Å². The average molecular weight is 571 g/mol. The number of amidine groups is 1. The molecule has 1 aromatic heterocycles. The van der Waals surface area contributed by atoms with Gasteiger partial charge in [-0.3, -0.25) is 19.0 Å². The molecule has 5 rings (SSSR count). The van der Waals surface area contributed by atoms with Crippen molar-refractivity contribution in [3.8, 4) is 0 Å². The zero-order valence-electron chi connectivity index (χ0n) is 19.4. The Morgan fingerprint density at radius 2 is 2.19 bits per heavy atom. The first kappa shape index (κ1) is 25.4. The van der Waals surface area contributed by atoms with Gasteiger partial charge in [-0.25, -0.2) is 14.8 Å². The molecule has 0 radical (unpaired) electrons. The topological polar surface area (TPSA) is 160 Å². The van der Waals surface area contributed by atoms with Crippen LogP contribution in [0.5, 0.6) is 0 Å². The third-order valence-corrected chi connectivity index (χ3v) is 10.7. The second-order valence-corrected chi connectivity index (χ2v) is 13.1. The number of carboxylic acids is 1. The molecular weight excluding hydrogens is 547 g/mol. The number of aliphatic carboxylic acids is 1. The number of hydrogen-bond acceptors (Lipinski definition) is 12. The van der Waals surface area contributed by atoms with Crippen molar-refractivity contribution in [1.82, 2.24) is 15.2 Å². The van der Waals surface area contributed by atoms with Crippen molar-refractivity contribution >= 4 is 80.4 Å². The van der Waals surface area contributed by atoms with Gasteiger partial charge in [-0.15, -0.1) is 34.9 Å². The molecule has 2 atom stereocenters. The maximum Gasteiger partial charge on any atom is 0.353 e. The van der Waals surface area contributed by atoms with Gasteiger partial charge in [-0.2, -0.15) is 0 Å². The highest BCUT2D eigenvalue weighted by molar-refractivity contribution is 8.13. The van der Waals surface area contributed by atoms with Crippen LogP contribution in [-0.2, 0) is 19.2 Å². The highest BCUT2D eigenvalue weighted by Crippen LogP contribution is 2.46. The number of carbonyl (C=O) groups excluding carboxylic acids is 2. The van der Waals surface area contributed by atoms with Gasteiger partial charge in [-0.1, -0.05) is 5.16 Å². The van der Waals surface area contributed by atoms with Crippen LogP contribution >= 0.6 is 46.6 Å². The zero-order chi connectivity index (χ0) is 25.6. The molecule has 0 aliphatic carbocycles. The predicted molar refractivity (Wildman–Crippen MR) is 142 cm³/mol. The van der Waals surface area contributed by atoms with Gasteiger partial charge in [0.15, 0.2) is 10.8 Å². The number of nitrogens with two attached hydrogens (primary N) is 1. The Labute approximate surface area is 223 Å². The molecular formula is C20H24N7O5S4+. The monoisotopic (exact) mass is 570 g/mol. The van der Waals surface area contributed by atoms with Crippen molar-refractivity contribution in [1.29, 1.82) is 0 Å². The van der Waals surface area contributed by atoms with Gasteiger partial charge >= 0.3 is 5.97 Å². The van der Waals surface area contributed by atoms with E-state index >= 15 is 0 Å². The number of amides is 2. The maximum absolute atomic E-state index is 13.0. The van der Waals surface area contributed by atoms with Gasteiger partial charge in [0.05, 0.1) is 13.6 Å². The van der Waals surface area contributed by atoms with Gasteiger partial charge in [0.2, 0.25) is 0 Å². The van der Waals surface area contributed by atoms with E-state index in [0.717, 1.165) is 46.4 Å². The molecule has 4 aliphatic rings. The molecule has 2 amide bonds. The van der Waals surface area contributed by atoms with E-state index in [1.807, 2.05) is 0 Å². The summed E-state index contributed by atoms with van der Waals surface area (Å²) in [6, 6.07) is -0.887. The fourth-order valence-electron chi connectivity index (χ4n) is 4.51. The largest absolute Gasteiger partial charge is 0.477 e. The third-order valence-electron chi connectivity index (χ3n) is 6.14. The lowest BCUT2D eigenvalue weighted by Crippen LogP contribution is -2.71. The summed E-state index contributed by atoms with van der Waals surface area (Å²) >= 11 is 5.90. The van der Waals surface area contributed by atoms with E-state index in [2.05, 4.69) is 27.5 Å². The highest BCUT2D eigenvalue weighted by atomic mass is 32.2. The van der Waals surface area contributed by atoms with Crippen molar-refractivity contribution in [3.63, 3.8) is 0 Å². The minimum atomic E-state index is -1.15. The van der Waals surface area contributed by atoms with Crippen LogP contribution in [0.15, 0.2) is 26.1 Å². The SMILES string of the molecule is CO/N=C(\C(=O)N[C@@H]1C(=O)N2C(C(=O)O)=C(SC3C[N+](C)(C4=NCCS4)C3)CS[C@H]12)c1csc(N)n1. The van der Waals surface area contributed by atoms with Gasteiger partial charge in [-0.05, 0) is 11.8 Å². The number of carboxylic acid groups (broad SMARTS) is 1. The number of fused-ring (bicyclic) bond motifs is 1. The Bertz CT molecular complexity index is 1210. The summed E-state index contributed by atoms with van der Waals surface area (Å²) < 4.78 is 0.778. The number of aliphatic imine (C=N–C) groups is 1. The Morgan fingerprint density at radius 1 is 1.42 bits per heavy atom. The number of likely N-dealkylation sites (tertiary alicyclic amines) is 1. The summed E-state index contributed by atoms with van der Waals surface area (Å²) in [6.45, 7) is 2.59. The van der Waals surface area contributed by atoms with E-state index in [1.165, 1.54) is 35.5 Å². The maximum atomic E-state index is 13.0. The summed E-state index contributed by atoms with van der Waals surface area (Å²) in [6.07, 6.45) is 0. The molecule has 1 aromatic rings. The van der Waals surface area contributed by atoms with E-state index in [0.29, 0.717) is 10.7 Å². The van der Waals surface area contributed by atoms with Gasteiger partial charge in [0.25, 0.3) is 17.0 Å². The fourth-order valence-corrected chi connectivity index (χ4v) is 9.24. The van der Waals surface area contributed by atoms with Crippen molar-refractivity contribution in [2.75, 3.05) is 51.0 Å². The number of anilines is 1. The number of quaternary nitrogens is 1. The summed E-state index contributed by atoms with van der Waals surface area (Å²) in [4.78, 5) is 53.5. The van der Waals surface area contributed by atoms with Crippen molar-refractivity contribution in [2.45, 2.75) is 16.7 Å². The Morgan fingerprint density at radius 3 is 2.81 bits per heavy atom. The van der Waals surface area contributed by atoms with Crippen LogP contribution in [0, 0.1) is 0 Å². The van der Waals surface area contributed by atoms with Crippen LogP contribution in [0.25, 0.3) is 0 Å². The first-order chi connectivity index (χ1) is 17.2. The number of oxime groups is 1. The van der Waals surface area contributed by atoms with E-state index in [4.69, 9.17) is 10.6 Å². The predicted octanol–water partition coefficient (Wildman–Crippen LogP) is 0.437. The molecule has 4 N–H and O–H groups in total. The second-order valence-electron chi connectivity index (χ2n) is 8.64. The summed E-state index contributed by atoms with van der Waals surface area (Å²) in [5.74, 6) is -0.811. The molecule has 0 spiro atoms. The molecule has 0 unspecified atom stereocenters. The van der Waals surface area contributed by atoms with Crippen LogP contribution in [-0.4, -0.2) is 110 Å². The number of nitrogen functional groups attached to an aromatic ring is 1. The second kappa shape index (κ2) is 9.89. The first-order valence-electron chi connectivity index (χ1n) is 11.0. The lowest BCUT2D eigenvalue weighted by Gasteiger charge is -2.50. The normalized spacial score (nSPS) is 29.8. The quantitative estimate of drug-likeness (QED) is 0.182. The molecule has 0 saturated carbocycles. The molecule has 36 heavy (non-hydrogen) atoms. The smallest absolute Gasteiger partial charge is 0.353 e. The lowest BCUT2D eigenvalue weighted by molar-refractivity contribution is -0.855. The van der Waals surface area contributed by atoms with Gasteiger partial charge < -0.3 is 21.0 Å². The number of aromatic nitrogens is 1. The Hall–Kier alpha value is -2.27. The minimum absolute atomic E-state index is 0.00555. The number of thioether (sulfide) groups is 3. The van der Waals surface area contributed by atoms with Crippen LogP contribution in [0.1, 0.15) is 5.69 Å². The van der Waals surface area contributed by atoms with Crippen LogP contribution in [0.2, 0.25) is 0 Å². The highest BCUT2D eigenvalue weighted by Gasteiger charge is 2.55. The molecule has 4 aliphatic heterocycles. The number of hydrogen-bond donors (Lipinski definition) is 3. The Balaban J connectivity index is 1.27. The van der Waals surface area contributed by atoms with E-state index < -0.39 is 29.2 Å². The van der Waals surface area contributed by atoms with Crippen molar-refractivity contribution in [2.24, 2.45) is 10.1 Å². The van der Waals surface area contributed by atoms with E-state index in [1.54, 1.807) is 17.1 Å². The summed E-state index contributed by atoms with van der Waals surface area (Å²) in [5, 5.41) is 19.1. The van der Waals surface area contributed by atoms with Crippen LogP contribution in [0.3, 0.4) is 0 Å². The number of rotatable bonds is 7. The van der Waals surface area contributed by atoms with Crippen molar-refractivity contribution < 1.29 is 28.8 Å². The number of nitrogens with one attached hydrogen (secondary N) is 1. The van der Waals surface area contributed by atoms with E-state index in [-0.39, 0.29) is 27.5 Å². The minimum Gasteiger partial charge on any atom is -0.477 e. The lowest BCUT2D eigenvalue weighted by atomic mass is 10.0. The first-order valence-corrected chi connectivity index (χ1v) is 14.7. The van der Waals surface area contributed by atoms with E-state index in [9.17, 15) is 19.5 Å². The molecule has 0 aromatic carbocycles. The van der Waals surface area contributed by atoms with Gasteiger partial charge in [0, 0.05) is 21.8 Å². The molecule has 2 fully saturated rings. The fraction of sp³-hybridized carbons (Fsp3) is 0.500. The van der Waals surface area contributed by atoms with Crippen molar-refractivity contribution in [3.05, 3.63) is 21.7 Å². The zero-order valence-corrected chi connectivity index (χ0v) is 22.6. The third kappa shape index (κ3) is 4.49. The molecule has 0 bridgehead atoms. The summed E-state index contributed by atoms with van der Waals surface area (Å²) in [7, 11) is 3.45. The molecule has 16 heteroatoms. The summed E-state index contributed by atoms with van der Waals surface area (Å²) in [5.41, 5.74) is 5.78. The number of β-lactam (4-membered cyclic amide) rings is 1. The molecule has 12 nitrogen and oxygen atoms in total. The number of thiazole rings is 1. The molecule has 5 heterocycles. The molecule has 192 valence electrons. The average Bonchev–Trinajstić information content (AvgIpc) is 3.51. The standard InChI is InChI=1S/C20H23N7O5S4/c1-27(20-22-3-4-33-20)5-9(6-27)36-11-8-34-17-13(16(29)26(17)14(11)18(30)31)24-15(28)12(25-32-2)10-7-35-19(21)23-10/h7,9,13,17H,3-6,8H2,1-2H3,(H3-,21,23,24,28,30,31)/p+1/b25-12-/t9?,13-,17-,27?/m1/s1. The number of carbonyl (C=O) groups is 3. The van der Waals surface area contributed by atoms with Crippen LogP contribution in [0.4, 0.5) is 5.13 Å². The number of nitrogens with zero attached hydrogens (tertiary/aromatic N) is 5. The molecule has 2 saturated heterocycles. The Kier molecular flexibility index (Phi) is 6.97.